The van der Waals surface area contributed by atoms with E-state index in [1.807, 2.05) is 49.8 Å². The Kier molecular flexibility index (Phi) is 7.36. The molecule has 0 unspecified atom stereocenters. The zero-order valence-electron chi connectivity index (χ0n) is 16.2. The molecule has 0 spiro atoms. The van der Waals surface area contributed by atoms with Crippen molar-refractivity contribution >= 4 is 30.1 Å². The second kappa shape index (κ2) is 9.96. The highest BCUT2D eigenvalue weighted by Gasteiger charge is 2.34. The van der Waals surface area contributed by atoms with Crippen molar-refractivity contribution in [3.05, 3.63) is 78.1 Å². The van der Waals surface area contributed by atoms with Gasteiger partial charge >= 0.3 is 0 Å². The zero-order valence-corrected chi connectivity index (χ0v) is 17.9. The molecular weight excluding hydrogens is 404 g/mol. The molecule has 1 aromatic heterocycles. The molecule has 0 bridgehead atoms. The average molecular weight is 429 g/mol. The largest absolute Gasteiger partial charge is 0.352 e. The number of rotatable bonds is 6. The van der Waals surface area contributed by atoms with E-state index >= 15 is 0 Å². The van der Waals surface area contributed by atoms with Crippen LogP contribution in [0, 0.1) is 5.92 Å². The van der Waals surface area contributed by atoms with Gasteiger partial charge in [-0.05, 0) is 29.3 Å². The molecule has 0 saturated carbocycles. The van der Waals surface area contributed by atoms with Crippen LogP contribution in [0.3, 0.4) is 0 Å². The van der Waals surface area contributed by atoms with Gasteiger partial charge in [-0.1, -0.05) is 48.2 Å². The minimum atomic E-state index is -0.0712. The number of nitrogens with zero attached hydrogens (tertiary/aromatic N) is 2. The van der Waals surface area contributed by atoms with E-state index in [0.29, 0.717) is 13.1 Å². The third-order valence-corrected chi connectivity index (χ3v) is 6.23. The number of amides is 1. The molecule has 4 rings (SSSR count). The molecule has 2 N–H and O–H groups in total. The lowest BCUT2D eigenvalue weighted by Gasteiger charge is -2.18. The molecule has 1 amide bonds. The van der Waals surface area contributed by atoms with Crippen LogP contribution in [0.25, 0.3) is 0 Å². The summed E-state index contributed by atoms with van der Waals surface area (Å²) in [7, 11) is 1.91. The third-order valence-electron chi connectivity index (χ3n) is 5.10. The van der Waals surface area contributed by atoms with Gasteiger partial charge in [-0.2, -0.15) is 5.10 Å². The average Bonchev–Trinajstić information content (AvgIpc) is 3.37. The van der Waals surface area contributed by atoms with Crippen molar-refractivity contribution < 1.29 is 4.79 Å². The van der Waals surface area contributed by atoms with Gasteiger partial charge in [0, 0.05) is 48.6 Å². The first-order chi connectivity index (χ1) is 13.7. The van der Waals surface area contributed by atoms with Crippen LogP contribution in [-0.2, 0) is 18.4 Å². The summed E-state index contributed by atoms with van der Waals surface area (Å²) in [6.45, 7) is 2.04. The Labute approximate surface area is 181 Å². The van der Waals surface area contributed by atoms with E-state index < -0.39 is 0 Å². The second-order valence-corrected chi connectivity index (χ2v) is 8.17. The van der Waals surface area contributed by atoms with Gasteiger partial charge in [0.15, 0.2) is 0 Å². The Morgan fingerprint density at radius 1 is 1.17 bits per heavy atom. The topological polar surface area (TPSA) is 59.0 Å². The highest BCUT2D eigenvalue weighted by Crippen LogP contribution is 2.31. The van der Waals surface area contributed by atoms with Gasteiger partial charge in [-0.15, -0.1) is 12.4 Å². The molecule has 2 atom stereocenters. The Morgan fingerprint density at radius 2 is 1.93 bits per heavy atom. The maximum atomic E-state index is 12.9. The van der Waals surface area contributed by atoms with Crippen LogP contribution in [0.15, 0.2) is 76.8 Å². The number of hydrogen-bond donors (Lipinski definition) is 2. The minimum absolute atomic E-state index is 0. The fourth-order valence-electron chi connectivity index (χ4n) is 3.61. The summed E-state index contributed by atoms with van der Waals surface area (Å²) < 4.78 is 1.79. The standard InChI is InChI=1S/C22H24N4OS.ClH/c1-26-15-17(12-25-26)19-13-23-14-20(19)22(27)24-11-16-7-5-6-10-21(16)28-18-8-3-2-4-9-18;/h2-10,12,15,19-20,23H,11,13-14H2,1H3,(H,24,27);1H/t19-,20+;/m1./s1. The normalized spacial score (nSPS) is 18.2. The second-order valence-electron chi connectivity index (χ2n) is 7.06. The van der Waals surface area contributed by atoms with Crippen LogP contribution in [0.4, 0.5) is 0 Å². The Morgan fingerprint density at radius 3 is 2.69 bits per heavy atom. The first-order valence-corrected chi connectivity index (χ1v) is 10.3. The van der Waals surface area contributed by atoms with Gasteiger partial charge in [0.1, 0.15) is 0 Å². The molecule has 3 aromatic rings. The Hall–Kier alpha value is -2.28. The lowest BCUT2D eigenvalue weighted by Crippen LogP contribution is -2.34. The molecule has 1 saturated heterocycles. The molecule has 2 heterocycles. The number of carbonyl (C=O) groups is 1. The zero-order chi connectivity index (χ0) is 19.3. The van der Waals surface area contributed by atoms with Gasteiger partial charge < -0.3 is 10.6 Å². The summed E-state index contributed by atoms with van der Waals surface area (Å²) in [5, 5.41) is 10.8. The van der Waals surface area contributed by atoms with E-state index in [0.717, 1.165) is 17.7 Å². The smallest absolute Gasteiger partial charge is 0.225 e. The summed E-state index contributed by atoms with van der Waals surface area (Å²) >= 11 is 1.72. The van der Waals surface area contributed by atoms with Crippen LogP contribution in [-0.4, -0.2) is 28.8 Å². The number of halogens is 1. The first kappa shape index (κ1) is 21.4. The van der Waals surface area contributed by atoms with Crippen molar-refractivity contribution in [3.8, 4) is 0 Å². The van der Waals surface area contributed by atoms with Crippen molar-refractivity contribution in [1.29, 1.82) is 0 Å². The van der Waals surface area contributed by atoms with Crippen molar-refractivity contribution in [2.45, 2.75) is 22.3 Å². The number of aromatic nitrogens is 2. The van der Waals surface area contributed by atoms with Crippen LogP contribution < -0.4 is 10.6 Å². The molecule has 29 heavy (non-hydrogen) atoms. The highest BCUT2D eigenvalue weighted by molar-refractivity contribution is 7.99. The van der Waals surface area contributed by atoms with E-state index in [9.17, 15) is 4.79 Å². The van der Waals surface area contributed by atoms with Gasteiger partial charge in [0.05, 0.1) is 12.1 Å². The lowest BCUT2D eigenvalue weighted by molar-refractivity contribution is -0.125. The summed E-state index contributed by atoms with van der Waals surface area (Å²) in [6, 6.07) is 18.5. The van der Waals surface area contributed by atoms with E-state index in [4.69, 9.17) is 0 Å². The molecule has 5 nitrogen and oxygen atoms in total. The molecule has 7 heteroatoms. The summed E-state index contributed by atoms with van der Waals surface area (Å²) in [6.07, 6.45) is 3.87. The maximum Gasteiger partial charge on any atom is 0.225 e. The highest BCUT2D eigenvalue weighted by atomic mass is 35.5. The number of carbonyl (C=O) groups excluding carboxylic acids is 1. The van der Waals surface area contributed by atoms with E-state index in [1.165, 1.54) is 9.79 Å². The number of nitrogens with one attached hydrogen (secondary N) is 2. The van der Waals surface area contributed by atoms with Crippen LogP contribution in [0.2, 0.25) is 0 Å². The third kappa shape index (κ3) is 5.21. The minimum Gasteiger partial charge on any atom is -0.352 e. The monoisotopic (exact) mass is 428 g/mol. The molecule has 1 aliphatic rings. The van der Waals surface area contributed by atoms with Crippen LogP contribution in [0.5, 0.6) is 0 Å². The van der Waals surface area contributed by atoms with Gasteiger partial charge in [-0.25, -0.2) is 0 Å². The predicted octanol–water partition coefficient (Wildman–Crippen LogP) is 3.61. The van der Waals surface area contributed by atoms with E-state index in [1.54, 1.807) is 16.4 Å². The SMILES string of the molecule is Cl.Cn1cc([C@H]2CNC[C@@H]2C(=O)NCc2ccccc2Sc2ccccc2)cn1. The van der Waals surface area contributed by atoms with Crippen LogP contribution in [0.1, 0.15) is 17.0 Å². The quantitative estimate of drug-likeness (QED) is 0.629. The first-order valence-electron chi connectivity index (χ1n) is 9.48. The molecule has 0 radical (unpaired) electrons. The predicted molar refractivity (Wildman–Crippen MR) is 118 cm³/mol. The fraction of sp³-hybridized carbons (Fsp3) is 0.273. The van der Waals surface area contributed by atoms with Gasteiger partial charge in [0.2, 0.25) is 5.91 Å². The summed E-state index contributed by atoms with van der Waals surface area (Å²) in [4.78, 5) is 15.3. The van der Waals surface area contributed by atoms with Gasteiger partial charge in [-0.3, -0.25) is 9.48 Å². The van der Waals surface area contributed by atoms with Crippen molar-refractivity contribution in [2.75, 3.05) is 13.1 Å². The number of aryl methyl sites for hydroxylation is 1. The van der Waals surface area contributed by atoms with Crippen LogP contribution >= 0.6 is 24.2 Å². The van der Waals surface area contributed by atoms with Crippen molar-refractivity contribution in [2.24, 2.45) is 13.0 Å². The summed E-state index contributed by atoms with van der Waals surface area (Å²) in [5.41, 5.74) is 2.25. The number of benzene rings is 2. The molecule has 152 valence electrons. The molecule has 0 aliphatic carbocycles. The Bertz CT molecular complexity index is 947. The molecule has 1 fully saturated rings. The van der Waals surface area contributed by atoms with Gasteiger partial charge in [0.25, 0.3) is 0 Å². The molecule has 2 aromatic carbocycles. The van der Waals surface area contributed by atoms with E-state index in [-0.39, 0.29) is 30.2 Å². The Balaban J connectivity index is 0.00000240. The fourth-order valence-corrected chi connectivity index (χ4v) is 4.58. The van der Waals surface area contributed by atoms with Crippen molar-refractivity contribution in [1.82, 2.24) is 20.4 Å². The lowest BCUT2D eigenvalue weighted by atomic mass is 9.90. The van der Waals surface area contributed by atoms with Crippen molar-refractivity contribution in [3.63, 3.8) is 0 Å². The number of hydrogen-bond acceptors (Lipinski definition) is 4. The molecular formula is C22H25ClN4OS. The molecule has 1 aliphatic heterocycles. The maximum absolute atomic E-state index is 12.9. The van der Waals surface area contributed by atoms with E-state index in [2.05, 4.69) is 40.0 Å². The summed E-state index contributed by atoms with van der Waals surface area (Å²) in [5.74, 6) is 0.194.